The molecule has 1 aromatic carbocycles. The van der Waals surface area contributed by atoms with Crippen LogP contribution >= 0.6 is 0 Å². The maximum Gasteiger partial charge on any atom is 0.321 e. The number of nitrogens with one attached hydrogen (secondary N) is 2. The summed E-state index contributed by atoms with van der Waals surface area (Å²) in [4.78, 5) is 25.8. The number of carbonyl (C=O) groups excluding carboxylic acids is 2. The first kappa shape index (κ1) is 17.5. The summed E-state index contributed by atoms with van der Waals surface area (Å²) in [5.74, 6) is 0.318. The lowest BCUT2D eigenvalue weighted by Crippen LogP contribution is -2.48. The second-order valence-electron chi connectivity index (χ2n) is 7.20. The van der Waals surface area contributed by atoms with Crippen LogP contribution in [0.1, 0.15) is 45.1 Å². The van der Waals surface area contributed by atoms with Gasteiger partial charge in [-0.1, -0.05) is 30.3 Å². The molecule has 0 radical (unpaired) electrons. The van der Waals surface area contributed by atoms with Crippen molar-refractivity contribution in [3.8, 4) is 0 Å². The molecule has 126 valence electrons. The Balaban J connectivity index is 1.70. The van der Waals surface area contributed by atoms with Gasteiger partial charge >= 0.3 is 6.03 Å². The first-order valence-electron chi connectivity index (χ1n) is 8.23. The van der Waals surface area contributed by atoms with Gasteiger partial charge in [-0.2, -0.15) is 0 Å². The van der Waals surface area contributed by atoms with Gasteiger partial charge < -0.3 is 10.2 Å². The fourth-order valence-electron chi connectivity index (χ4n) is 2.85. The number of rotatable bonds is 4. The number of imide groups is 1. The average molecular weight is 317 g/mol. The van der Waals surface area contributed by atoms with E-state index in [-0.39, 0.29) is 11.4 Å². The van der Waals surface area contributed by atoms with Crippen molar-refractivity contribution in [2.45, 2.75) is 45.1 Å². The maximum absolute atomic E-state index is 11.8. The number of urea groups is 1. The van der Waals surface area contributed by atoms with Crippen molar-refractivity contribution in [3.63, 3.8) is 0 Å². The lowest BCUT2D eigenvalue weighted by atomic mass is 9.99. The number of carbonyl (C=O) groups is 2. The van der Waals surface area contributed by atoms with E-state index in [1.54, 1.807) is 0 Å². The summed E-state index contributed by atoms with van der Waals surface area (Å²) < 4.78 is 0. The zero-order valence-electron chi connectivity index (χ0n) is 14.3. The summed E-state index contributed by atoms with van der Waals surface area (Å²) >= 11 is 0. The van der Waals surface area contributed by atoms with Crippen molar-refractivity contribution in [3.05, 3.63) is 35.9 Å². The highest BCUT2D eigenvalue weighted by Crippen LogP contribution is 2.26. The van der Waals surface area contributed by atoms with E-state index in [9.17, 15) is 9.59 Å². The Morgan fingerprint density at radius 1 is 1.22 bits per heavy atom. The highest BCUT2D eigenvalue weighted by molar-refractivity contribution is 5.94. The Bertz CT molecular complexity index is 537. The standard InChI is InChI=1S/C18H27N3O2/c1-18(2,3)20-17(23)19-16(22)10-12-21-11-9-15(13-21)14-7-5-4-6-8-14/h4-8,15H,9-13H2,1-3H3,(H2,19,20,22,23)/t15-/m1/s1. The number of amides is 3. The van der Waals surface area contributed by atoms with Crippen LogP contribution in [-0.4, -0.2) is 42.0 Å². The van der Waals surface area contributed by atoms with E-state index >= 15 is 0 Å². The highest BCUT2D eigenvalue weighted by Gasteiger charge is 2.24. The molecule has 0 saturated carbocycles. The van der Waals surface area contributed by atoms with E-state index in [1.165, 1.54) is 5.56 Å². The molecule has 0 spiro atoms. The zero-order valence-corrected chi connectivity index (χ0v) is 14.3. The molecule has 0 unspecified atom stereocenters. The minimum absolute atomic E-state index is 0.227. The molecule has 0 bridgehead atoms. The van der Waals surface area contributed by atoms with Crippen LogP contribution < -0.4 is 10.6 Å². The van der Waals surface area contributed by atoms with Crippen LogP contribution in [0.5, 0.6) is 0 Å². The SMILES string of the molecule is CC(C)(C)NC(=O)NC(=O)CCN1CC[C@@H](c2ccccc2)C1. The fraction of sp³-hybridized carbons (Fsp3) is 0.556. The van der Waals surface area contributed by atoms with Crippen LogP contribution in [0.2, 0.25) is 0 Å². The Labute approximate surface area is 138 Å². The first-order chi connectivity index (χ1) is 10.8. The second-order valence-corrected chi connectivity index (χ2v) is 7.20. The monoisotopic (exact) mass is 317 g/mol. The van der Waals surface area contributed by atoms with Crippen LogP contribution in [0, 0.1) is 0 Å². The summed E-state index contributed by atoms with van der Waals surface area (Å²) in [5, 5.41) is 5.11. The Morgan fingerprint density at radius 3 is 2.57 bits per heavy atom. The largest absolute Gasteiger partial charge is 0.333 e. The summed E-state index contributed by atoms with van der Waals surface area (Å²) in [7, 11) is 0. The third-order valence-corrected chi connectivity index (χ3v) is 3.94. The first-order valence-corrected chi connectivity index (χ1v) is 8.23. The molecule has 3 amide bonds. The molecular weight excluding hydrogens is 290 g/mol. The smallest absolute Gasteiger partial charge is 0.321 e. The van der Waals surface area contributed by atoms with E-state index in [0.29, 0.717) is 18.9 Å². The normalized spacial score (nSPS) is 18.7. The predicted octanol–water partition coefficient (Wildman–Crippen LogP) is 2.49. The molecule has 5 heteroatoms. The number of hydrogen-bond donors (Lipinski definition) is 2. The summed E-state index contributed by atoms with van der Waals surface area (Å²) in [5.41, 5.74) is 1.02. The number of benzene rings is 1. The van der Waals surface area contributed by atoms with E-state index in [1.807, 2.05) is 26.8 Å². The van der Waals surface area contributed by atoms with E-state index in [2.05, 4.69) is 39.8 Å². The zero-order chi connectivity index (χ0) is 16.9. The fourth-order valence-corrected chi connectivity index (χ4v) is 2.85. The van der Waals surface area contributed by atoms with Gasteiger partial charge in [-0.15, -0.1) is 0 Å². The van der Waals surface area contributed by atoms with Gasteiger partial charge in [0.2, 0.25) is 5.91 Å². The molecule has 1 aliphatic heterocycles. The summed E-state index contributed by atoms with van der Waals surface area (Å²) in [6.45, 7) is 8.31. The molecular formula is C18H27N3O2. The molecule has 5 nitrogen and oxygen atoms in total. The van der Waals surface area contributed by atoms with Crippen molar-refractivity contribution in [1.82, 2.24) is 15.5 Å². The average Bonchev–Trinajstić information content (AvgIpc) is 2.93. The molecule has 1 heterocycles. The van der Waals surface area contributed by atoms with Crippen molar-refractivity contribution in [1.29, 1.82) is 0 Å². The van der Waals surface area contributed by atoms with Gasteiger partial charge in [0.1, 0.15) is 0 Å². The molecule has 23 heavy (non-hydrogen) atoms. The minimum Gasteiger partial charge on any atom is -0.333 e. The molecule has 1 aliphatic rings. The topological polar surface area (TPSA) is 61.4 Å². The number of hydrogen-bond acceptors (Lipinski definition) is 3. The summed E-state index contributed by atoms with van der Waals surface area (Å²) in [6.07, 6.45) is 1.47. The highest BCUT2D eigenvalue weighted by atomic mass is 16.2. The van der Waals surface area contributed by atoms with Crippen LogP contribution in [-0.2, 0) is 4.79 Å². The van der Waals surface area contributed by atoms with E-state index in [4.69, 9.17) is 0 Å². The predicted molar refractivity (Wildman–Crippen MR) is 91.3 cm³/mol. The number of likely N-dealkylation sites (tertiary alicyclic amines) is 1. The Kier molecular flexibility index (Phi) is 5.77. The van der Waals surface area contributed by atoms with Crippen molar-refractivity contribution in [2.75, 3.05) is 19.6 Å². The number of nitrogens with zero attached hydrogens (tertiary/aromatic N) is 1. The molecule has 2 rings (SSSR count). The summed E-state index contributed by atoms with van der Waals surface area (Å²) in [6, 6.07) is 10.1. The maximum atomic E-state index is 11.8. The van der Waals surface area contributed by atoms with Crippen molar-refractivity contribution >= 4 is 11.9 Å². The van der Waals surface area contributed by atoms with Crippen LogP contribution in [0.3, 0.4) is 0 Å². The van der Waals surface area contributed by atoms with Gasteiger partial charge in [-0.05, 0) is 45.2 Å². The second kappa shape index (κ2) is 7.59. The van der Waals surface area contributed by atoms with E-state index in [0.717, 1.165) is 19.5 Å². The van der Waals surface area contributed by atoms with Gasteiger partial charge in [0, 0.05) is 25.0 Å². The molecule has 1 atom stereocenters. The van der Waals surface area contributed by atoms with Crippen molar-refractivity contribution in [2.24, 2.45) is 0 Å². The molecule has 1 aromatic rings. The van der Waals surface area contributed by atoms with E-state index < -0.39 is 6.03 Å². The van der Waals surface area contributed by atoms with Gasteiger partial charge in [0.15, 0.2) is 0 Å². The third-order valence-electron chi connectivity index (χ3n) is 3.94. The molecule has 0 aromatic heterocycles. The quantitative estimate of drug-likeness (QED) is 0.897. The lowest BCUT2D eigenvalue weighted by molar-refractivity contribution is -0.120. The van der Waals surface area contributed by atoms with Gasteiger partial charge in [0.05, 0.1) is 0 Å². The van der Waals surface area contributed by atoms with Crippen molar-refractivity contribution < 1.29 is 9.59 Å². The minimum atomic E-state index is -0.425. The van der Waals surface area contributed by atoms with Gasteiger partial charge in [-0.3, -0.25) is 10.1 Å². The van der Waals surface area contributed by atoms with Crippen LogP contribution in [0.15, 0.2) is 30.3 Å². The van der Waals surface area contributed by atoms with Gasteiger partial charge in [0.25, 0.3) is 0 Å². The Morgan fingerprint density at radius 2 is 1.91 bits per heavy atom. The molecule has 0 aliphatic carbocycles. The third kappa shape index (κ3) is 6.02. The van der Waals surface area contributed by atoms with Gasteiger partial charge in [-0.25, -0.2) is 4.79 Å². The van der Waals surface area contributed by atoms with Crippen LogP contribution in [0.4, 0.5) is 4.79 Å². The lowest BCUT2D eigenvalue weighted by Gasteiger charge is -2.20. The van der Waals surface area contributed by atoms with Crippen LogP contribution in [0.25, 0.3) is 0 Å². The Hall–Kier alpha value is -1.88. The molecule has 2 N–H and O–H groups in total. The molecule has 1 saturated heterocycles. The molecule has 1 fully saturated rings.